The molecule has 144 valence electrons. The van der Waals surface area contributed by atoms with Gasteiger partial charge in [0.2, 0.25) is 0 Å². The van der Waals surface area contributed by atoms with Crippen LogP contribution < -0.4 is 81.9 Å². The summed E-state index contributed by atoms with van der Waals surface area (Å²) in [6, 6.07) is 0. The van der Waals surface area contributed by atoms with Crippen molar-refractivity contribution in [1.29, 1.82) is 0 Å². The SMILES string of the molecule is [B]c1c([B])c([B])c(-c2nc(-c3c([B])c([B])c([B])c([B])c3[B])nc(-c3c([B])c([B])c([B])c([B])c3[B])n2)c([B])c1[B]. The molecular weight excluding hydrogens is 456 g/mol. The van der Waals surface area contributed by atoms with E-state index in [4.69, 9.17) is 118 Å². The molecule has 30 radical (unpaired) electrons. The van der Waals surface area contributed by atoms with Gasteiger partial charge in [-0.25, -0.2) is 15.0 Å². The maximum Gasteiger partial charge on any atom is 0.162 e. The fourth-order valence-electron chi connectivity index (χ4n) is 3.98. The van der Waals surface area contributed by atoms with E-state index in [1.807, 2.05) is 0 Å². The highest BCUT2D eigenvalue weighted by molar-refractivity contribution is 6.71. The second-order valence-corrected chi connectivity index (χ2v) is 8.64. The van der Waals surface area contributed by atoms with Crippen LogP contribution in [0.3, 0.4) is 0 Å². The van der Waals surface area contributed by atoms with Gasteiger partial charge in [-0.2, -0.15) is 0 Å². The molecule has 39 heavy (non-hydrogen) atoms. The second kappa shape index (κ2) is 10.6. The van der Waals surface area contributed by atoms with Gasteiger partial charge < -0.3 is 0 Å². The van der Waals surface area contributed by atoms with Gasteiger partial charge in [-0.05, 0) is 0 Å². The number of hydrogen-bond acceptors (Lipinski definition) is 3. The Morgan fingerprint density at radius 3 is 0.487 bits per heavy atom. The minimum Gasteiger partial charge on any atom is -0.208 e. The number of rotatable bonds is 3. The lowest BCUT2D eigenvalue weighted by Crippen LogP contribution is -2.56. The fraction of sp³-hybridized carbons (Fsp3) is 0. The molecule has 0 aliphatic carbocycles. The zero-order valence-electron chi connectivity index (χ0n) is 20.5. The minimum atomic E-state index is -0.149. The molecule has 0 spiro atoms. The van der Waals surface area contributed by atoms with Crippen molar-refractivity contribution in [3.63, 3.8) is 0 Å². The molecule has 1 heterocycles. The van der Waals surface area contributed by atoms with Crippen LogP contribution >= 0.6 is 0 Å². The van der Waals surface area contributed by atoms with Crippen molar-refractivity contribution in [3.05, 3.63) is 0 Å². The first-order valence-electron chi connectivity index (χ1n) is 10.9. The van der Waals surface area contributed by atoms with Crippen LogP contribution in [0.1, 0.15) is 0 Å². The molecule has 0 amide bonds. The van der Waals surface area contributed by atoms with Crippen molar-refractivity contribution in [2.24, 2.45) is 0 Å². The second-order valence-electron chi connectivity index (χ2n) is 8.64. The average molecular weight is 456 g/mol. The zero-order chi connectivity index (χ0) is 29.2. The molecule has 0 atom stereocenters. The molecule has 0 aliphatic heterocycles. The van der Waals surface area contributed by atoms with Gasteiger partial charge in [0.15, 0.2) is 17.5 Å². The molecule has 4 rings (SSSR count). The highest BCUT2D eigenvalue weighted by Crippen LogP contribution is 2.19. The monoisotopic (exact) mass is 459 g/mol. The van der Waals surface area contributed by atoms with E-state index in [1.165, 1.54) is 0 Å². The van der Waals surface area contributed by atoms with Crippen molar-refractivity contribution in [2.45, 2.75) is 0 Å². The number of hydrogen-bond donors (Lipinski definition) is 0. The summed E-state index contributed by atoms with van der Waals surface area (Å²) in [5.41, 5.74) is -0.781. The summed E-state index contributed by atoms with van der Waals surface area (Å²) in [6.07, 6.45) is 0. The van der Waals surface area contributed by atoms with E-state index < -0.39 is 0 Å². The lowest BCUT2D eigenvalue weighted by Gasteiger charge is -2.24. The Morgan fingerprint density at radius 1 is 0.205 bits per heavy atom. The van der Waals surface area contributed by atoms with Gasteiger partial charge in [-0.3, -0.25) is 0 Å². The first kappa shape index (κ1) is 29.6. The predicted molar refractivity (Wildman–Crippen MR) is 177 cm³/mol. The molecule has 0 aliphatic rings. The van der Waals surface area contributed by atoms with Gasteiger partial charge in [0.25, 0.3) is 0 Å². The molecule has 0 saturated carbocycles. The van der Waals surface area contributed by atoms with Crippen molar-refractivity contribution in [1.82, 2.24) is 15.0 Å². The van der Waals surface area contributed by atoms with Crippen LogP contribution in [0.2, 0.25) is 0 Å². The minimum absolute atomic E-state index is 0.0196. The van der Waals surface area contributed by atoms with Gasteiger partial charge in [-0.1, -0.05) is 32.8 Å². The van der Waals surface area contributed by atoms with Gasteiger partial charge >= 0.3 is 0 Å². The summed E-state index contributed by atoms with van der Waals surface area (Å²) in [5, 5.41) is 0. The standard InChI is InChI=1S/C21B15N3/c22-4-1(5(23)11(29)16(34)10(4)28)19-37-20(2-6(24)12(30)17(35)13(31)7(2)25)39-21(38-19)3-8(26)14(32)18(36)15(33)9(3)27. The van der Waals surface area contributed by atoms with Crippen LogP contribution in [0, 0.1) is 0 Å². The van der Waals surface area contributed by atoms with Gasteiger partial charge in [-0.15, -0.1) is 49.2 Å². The van der Waals surface area contributed by atoms with Crippen LogP contribution in [0.15, 0.2) is 0 Å². The summed E-state index contributed by atoms with van der Waals surface area (Å²) < 4.78 is 0. The lowest BCUT2D eigenvalue weighted by molar-refractivity contribution is 1.08. The van der Waals surface area contributed by atoms with Crippen molar-refractivity contribution in [2.75, 3.05) is 0 Å². The summed E-state index contributed by atoms with van der Waals surface area (Å²) in [6.45, 7) is 0. The lowest BCUT2D eigenvalue weighted by atomic mass is 9.60. The van der Waals surface area contributed by atoms with E-state index in [2.05, 4.69) is 15.0 Å². The maximum absolute atomic E-state index is 6.27. The van der Waals surface area contributed by atoms with E-state index in [0.717, 1.165) is 0 Å². The molecule has 0 bridgehead atoms. The molecule has 18 heteroatoms. The molecule has 0 saturated heterocycles. The third-order valence-corrected chi connectivity index (χ3v) is 6.40. The largest absolute Gasteiger partial charge is 0.208 e. The topological polar surface area (TPSA) is 38.7 Å². The Labute approximate surface area is 248 Å². The van der Waals surface area contributed by atoms with E-state index in [1.54, 1.807) is 0 Å². The molecule has 3 aromatic carbocycles. The fourth-order valence-corrected chi connectivity index (χ4v) is 3.98. The summed E-state index contributed by atoms with van der Waals surface area (Å²) in [4.78, 5) is 13.4. The van der Waals surface area contributed by atoms with Gasteiger partial charge in [0, 0.05) is 16.7 Å². The van der Waals surface area contributed by atoms with Gasteiger partial charge in [0.1, 0.15) is 118 Å². The Kier molecular flexibility index (Phi) is 8.02. The summed E-state index contributed by atoms with van der Waals surface area (Å²) in [7, 11) is 91.8. The van der Waals surface area contributed by atoms with Gasteiger partial charge in [0.05, 0.1) is 0 Å². The third kappa shape index (κ3) is 4.60. The van der Waals surface area contributed by atoms with Crippen LogP contribution in [-0.4, -0.2) is 133 Å². The highest BCUT2D eigenvalue weighted by Gasteiger charge is 2.22. The van der Waals surface area contributed by atoms with Crippen molar-refractivity contribution < 1.29 is 0 Å². The number of aromatic nitrogens is 3. The van der Waals surface area contributed by atoms with Crippen LogP contribution in [0.25, 0.3) is 34.2 Å². The van der Waals surface area contributed by atoms with Crippen LogP contribution in [0.5, 0.6) is 0 Å². The third-order valence-electron chi connectivity index (χ3n) is 6.40. The first-order chi connectivity index (χ1) is 18.1. The summed E-state index contributed by atoms with van der Waals surface area (Å²) >= 11 is 0. The smallest absolute Gasteiger partial charge is 0.162 e. The van der Waals surface area contributed by atoms with E-state index in [0.29, 0.717) is 0 Å². The predicted octanol–water partition coefficient (Wildman–Crippen LogP) is -13.2. The van der Waals surface area contributed by atoms with E-state index >= 15 is 0 Å². The Balaban J connectivity index is 2.22. The average Bonchev–Trinajstić information content (AvgIpc) is 2.91. The van der Waals surface area contributed by atoms with E-state index in [9.17, 15) is 0 Å². The molecule has 4 aromatic rings. The number of nitrogens with zero attached hydrogens (tertiary/aromatic N) is 3. The molecule has 0 fully saturated rings. The van der Waals surface area contributed by atoms with Crippen LogP contribution in [0.4, 0.5) is 0 Å². The Morgan fingerprint density at radius 2 is 0.333 bits per heavy atom. The molecule has 1 aromatic heterocycles. The first-order valence-corrected chi connectivity index (χ1v) is 10.9. The molecule has 3 nitrogen and oxygen atoms in total. The van der Waals surface area contributed by atoms with Crippen molar-refractivity contribution in [3.8, 4) is 34.2 Å². The molecular formula is C21B15N3. The zero-order valence-corrected chi connectivity index (χ0v) is 20.5. The summed E-state index contributed by atoms with van der Waals surface area (Å²) in [5.74, 6) is -0.447. The Bertz CT molecular complexity index is 1420. The molecule has 0 unspecified atom stereocenters. The number of benzene rings is 3. The molecule has 0 N–H and O–H groups in total. The highest BCUT2D eigenvalue weighted by atomic mass is 15.0. The quantitative estimate of drug-likeness (QED) is 0.288. The Hall–Kier alpha value is -2.36. The normalized spacial score (nSPS) is 11.1. The van der Waals surface area contributed by atoms with Crippen LogP contribution in [-0.2, 0) is 0 Å². The van der Waals surface area contributed by atoms with E-state index in [-0.39, 0.29) is 116 Å². The maximum atomic E-state index is 6.27. The van der Waals surface area contributed by atoms with Crippen molar-refractivity contribution >= 4 is 200 Å².